The Bertz CT molecular complexity index is 426. The Balaban J connectivity index is 1.76. The minimum Gasteiger partial charge on any atom is -0.481 e. The standard InChI is InChI=1S/C13H23N5O2/c1-2-7-18-12(14-15-16-18)10-17-8-5-11(6-9-17)3-4-13(19)20/h11H,2-10H2,1H3,(H,19,20). The smallest absolute Gasteiger partial charge is 0.303 e. The highest BCUT2D eigenvalue weighted by molar-refractivity contribution is 5.66. The average Bonchev–Trinajstić information content (AvgIpc) is 2.86. The summed E-state index contributed by atoms with van der Waals surface area (Å²) in [5.74, 6) is 0.788. The van der Waals surface area contributed by atoms with Gasteiger partial charge in [0.05, 0.1) is 6.54 Å². The van der Waals surface area contributed by atoms with Crippen molar-refractivity contribution >= 4 is 5.97 Å². The lowest BCUT2D eigenvalue weighted by Gasteiger charge is -2.31. The summed E-state index contributed by atoms with van der Waals surface area (Å²) in [6.45, 7) is 5.77. The first-order valence-electron chi connectivity index (χ1n) is 7.38. The van der Waals surface area contributed by atoms with Crippen LogP contribution in [0.15, 0.2) is 0 Å². The molecule has 0 saturated carbocycles. The fourth-order valence-electron chi connectivity index (χ4n) is 2.68. The summed E-state index contributed by atoms with van der Waals surface area (Å²) in [6.07, 6.45) is 4.26. The minimum atomic E-state index is -0.689. The van der Waals surface area contributed by atoms with Crippen LogP contribution in [-0.4, -0.2) is 49.3 Å². The number of likely N-dealkylation sites (tertiary alicyclic amines) is 1. The van der Waals surface area contributed by atoms with E-state index in [1.807, 2.05) is 4.68 Å². The van der Waals surface area contributed by atoms with Gasteiger partial charge in [0.1, 0.15) is 0 Å². The second-order valence-corrected chi connectivity index (χ2v) is 5.47. The third-order valence-corrected chi connectivity index (χ3v) is 3.88. The van der Waals surface area contributed by atoms with E-state index in [9.17, 15) is 4.79 Å². The molecule has 1 N–H and O–H groups in total. The van der Waals surface area contributed by atoms with Crippen LogP contribution in [0.25, 0.3) is 0 Å². The molecule has 1 saturated heterocycles. The summed E-state index contributed by atoms with van der Waals surface area (Å²) in [5.41, 5.74) is 0. The van der Waals surface area contributed by atoms with Crippen LogP contribution in [0, 0.1) is 5.92 Å². The van der Waals surface area contributed by atoms with Crippen LogP contribution >= 0.6 is 0 Å². The number of aromatic nitrogens is 4. The fourth-order valence-corrected chi connectivity index (χ4v) is 2.68. The summed E-state index contributed by atoms with van der Waals surface area (Å²) in [5, 5.41) is 20.5. The van der Waals surface area contributed by atoms with E-state index in [-0.39, 0.29) is 0 Å². The highest BCUT2D eigenvalue weighted by atomic mass is 16.4. The molecule has 0 aliphatic carbocycles. The SMILES string of the molecule is CCCn1nnnc1CN1CCC(CCC(=O)O)CC1. The van der Waals surface area contributed by atoms with E-state index in [0.717, 1.165) is 57.7 Å². The molecule has 2 rings (SSSR count). The van der Waals surface area contributed by atoms with E-state index in [1.54, 1.807) is 0 Å². The van der Waals surface area contributed by atoms with Crippen LogP contribution in [0.2, 0.25) is 0 Å². The number of hydrogen-bond acceptors (Lipinski definition) is 5. The van der Waals surface area contributed by atoms with Gasteiger partial charge in [-0.3, -0.25) is 9.69 Å². The van der Waals surface area contributed by atoms with Gasteiger partial charge in [-0.15, -0.1) is 5.10 Å². The largest absolute Gasteiger partial charge is 0.481 e. The zero-order valence-electron chi connectivity index (χ0n) is 12.0. The summed E-state index contributed by atoms with van der Waals surface area (Å²) in [6, 6.07) is 0. The summed E-state index contributed by atoms with van der Waals surface area (Å²) in [4.78, 5) is 12.9. The lowest BCUT2D eigenvalue weighted by atomic mass is 9.92. The minimum absolute atomic E-state index is 0.291. The van der Waals surface area contributed by atoms with E-state index in [0.29, 0.717) is 12.3 Å². The molecule has 1 aliphatic heterocycles. The molecule has 7 heteroatoms. The Labute approximate surface area is 119 Å². The Morgan fingerprint density at radius 3 is 2.80 bits per heavy atom. The molecule has 0 radical (unpaired) electrons. The number of nitrogens with zero attached hydrogens (tertiary/aromatic N) is 5. The monoisotopic (exact) mass is 281 g/mol. The van der Waals surface area contributed by atoms with Crippen LogP contribution in [0.1, 0.15) is 44.9 Å². The topological polar surface area (TPSA) is 84.1 Å². The van der Waals surface area contributed by atoms with E-state index in [2.05, 4.69) is 27.3 Å². The van der Waals surface area contributed by atoms with Gasteiger partial charge in [-0.1, -0.05) is 6.92 Å². The molecule has 1 aromatic rings. The third kappa shape index (κ3) is 4.26. The molecule has 0 atom stereocenters. The maximum Gasteiger partial charge on any atom is 0.303 e. The first-order chi connectivity index (χ1) is 9.69. The molecule has 7 nitrogen and oxygen atoms in total. The van der Waals surface area contributed by atoms with Crippen molar-refractivity contribution in [3.05, 3.63) is 5.82 Å². The Morgan fingerprint density at radius 2 is 2.15 bits per heavy atom. The summed E-state index contributed by atoms with van der Waals surface area (Å²) < 4.78 is 1.87. The van der Waals surface area contributed by atoms with Gasteiger partial charge in [0.2, 0.25) is 0 Å². The van der Waals surface area contributed by atoms with E-state index < -0.39 is 5.97 Å². The van der Waals surface area contributed by atoms with Gasteiger partial charge in [0.15, 0.2) is 5.82 Å². The van der Waals surface area contributed by atoms with Crippen molar-refractivity contribution in [2.45, 2.75) is 52.1 Å². The molecule has 0 spiro atoms. The van der Waals surface area contributed by atoms with Crippen molar-refractivity contribution in [1.29, 1.82) is 0 Å². The Hall–Kier alpha value is -1.50. The zero-order chi connectivity index (χ0) is 14.4. The number of hydrogen-bond donors (Lipinski definition) is 1. The molecule has 0 amide bonds. The first-order valence-corrected chi connectivity index (χ1v) is 7.38. The van der Waals surface area contributed by atoms with E-state index >= 15 is 0 Å². The Kier molecular flexibility index (Phi) is 5.46. The van der Waals surface area contributed by atoms with Crippen molar-refractivity contribution in [3.63, 3.8) is 0 Å². The van der Waals surface area contributed by atoms with Crippen LogP contribution in [0.5, 0.6) is 0 Å². The number of carboxylic acids is 1. The second kappa shape index (κ2) is 7.33. The molecule has 20 heavy (non-hydrogen) atoms. The van der Waals surface area contributed by atoms with Crippen molar-refractivity contribution in [2.24, 2.45) is 5.92 Å². The summed E-state index contributed by atoms with van der Waals surface area (Å²) >= 11 is 0. The van der Waals surface area contributed by atoms with Crippen molar-refractivity contribution in [3.8, 4) is 0 Å². The average molecular weight is 281 g/mol. The predicted octanol–water partition coefficient (Wildman–Crippen LogP) is 1.16. The molecule has 1 fully saturated rings. The number of aliphatic carboxylic acids is 1. The lowest BCUT2D eigenvalue weighted by molar-refractivity contribution is -0.137. The van der Waals surface area contributed by atoms with Gasteiger partial charge >= 0.3 is 5.97 Å². The zero-order valence-corrected chi connectivity index (χ0v) is 12.0. The van der Waals surface area contributed by atoms with Crippen LogP contribution in [0.4, 0.5) is 0 Å². The van der Waals surface area contributed by atoms with Gasteiger partial charge < -0.3 is 5.11 Å². The molecular weight excluding hydrogens is 258 g/mol. The second-order valence-electron chi connectivity index (χ2n) is 5.47. The van der Waals surface area contributed by atoms with Crippen molar-refractivity contribution in [1.82, 2.24) is 25.1 Å². The molecule has 0 bridgehead atoms. The van der Waals surface area contributed by atoms with E-state index in [4.69, 9.17) is 5.11 Å². The van der Waals surface area contributed by atoms with Gasteiger partial charge in [-0.25, -0.2) is 4.68 Å². The van der Waals surface area contributed by atoms with Gasteiger partial charge in [0, 0.05) is 13.0 Å². The highest BCUT2D eigenvalue weighted by Gasteiger charge is 2.21. The molecule has 0 aromatic carbocycles. The van der Waals surface area contributed by atoms with Gasteiger partial charge in [-0.05, 0) is 55.1 Å². The normalized spacial score (nSPS) is 17.4. The molecule has 2 heterocycles. The van der Waals surface area contributed by atoms with Crippen molar-refractivity contribution < 1.29 is 9.90 Å². The fraction of sp³-hybridized carbons (Fsp3) is 0.846. The Morgan fingerprint density at radius 1 is 1.40 bits per heavy atom. The quantitative estimate of drug-likeness (QED) is 0.807. The molecule has 1 aromatic heterocycles. The van der Waals surface area contributed by atoms with Crippen LogP contribution in [-0.2, 0) is 17.9 Å². The first kappa shape index (κ1) is 14.9. The molecular formula is C13H23N5O2. The molecule has 1 aliphatic rings. The summed E-state index contributed by atoms with van der Waals surface area (Å²) in [7, 11) is 0. The third-order valence-electron chi connectivity index (χ3n) is 3.88. The number of carboxylic acid groups (broad SMARTS) is 1. The number of carbonyl (C=O) groups is 1. The lowest BCUT2D eigenvalue weighted by Crippen LogP contribution is -2.34. The maximum atomic E-state index is 10.6. The predicted molar refractivity (Wildman–Crippen MR) is 73.0 cm³/mol. The molecule has 112 valence electrons. The molecule has 0 unspecified atom stereocenters. The van der Waals surface area contributed by atoms with E-state index in [1.165, 1.54) is 0 Å². The number of rotatable bonds is 7. The van der Waals surface area contributed by atoms with Gasteiger partial charge in [0.25, 0.3) is 0 Å². The highest BCUT2D eigenvalue weighted by Crippen LogP contribution is 2.22. The number of tetrazole rings is 1. The maximum absolute atomic E-state index is 10.6. The number of piperidine rings is 1. The van der Waals surface area contributed by atoms with Crippen LogP contribution in [0.3, 0.4) is 0 Å². The van der Waals surface area contributed by atoms with Crippen molar-refractivity contribution in [2.75, 3.05) is 13.1 Å². The van der Waals surface area contributed by atoms with Crippen LogP contribution < -0.4 is 0 Å². The number of aryl methyl sites for hydroxylation is 1. The van der Waals surface area contributed by atoms with Gasteiger partial charge in [-0.2, -0.15) is 0 Å².